The third-order valence-electron chi connectivity index (χ3n) is 4.87. The van der Waals surface area contributed by atoms with E-state index in [1.165, 1.54) is 0 Å². The van der Waals surface area contributed by atoms with Gasteiger partial charge in [-0.1, -0.05) is 6.07 Å². The first-order valence-electron chi connectivity index (χ1n) is 8.40. The van der Waals surface area contributed by atoms with E-state index in [0.29, 0.717) is 30.3 Å². The summed E-state index contributed by atoms with van der Waals surface area (Å²) in [6.07, 6.45) is 6.06. The molecule has 9 nitrogen and oxygen atoms in total. The number of imidazole rings is 1. The standard InChI is InChI=1S/C17H19N7O2/c1-22-10-8-18-15(22)14-11(6-7-13(25)23(14)2)16(26)19-17-21-20-12-5-3-4-9-24(12)17/h3-5,8-11,14H,6-7H2,1-2H3,(H,19,21,26)/t11-,14-/m0/s1. The molecule has 0 aliphatic carbocycles. The smallest absolute Gasteiger partial charge is 0.235 e. The number of carbonyl (C=O) groups is 2. The van der Waals surface area contributed by atoms with E-state index in [-0.39, 0.29) is 11.8 Å². The van der Waals surface area contributed by atoms with Crippen molar-refractivity contribution in [3.05, 3.63) is 42.6 Å². The molecule has 4 rings (SSSR count). The molecule has 134 valence electrons. The van der Waals surface area contributed by atoms with Gasteiger partial charge in [-0.2, -0.15) is 0 Å². The average Bonchev–Trinajstić information content (AvgIpc) is 3.24. The molecule has 0 aromatic carbocycles. The molecule has 3 aromatic heterocycles. The molecule has 2 amide bonds. The normalized spacial score (nSPS) is 20.5. The van der Waals surface area contributed by atoms with E-state index in [1.807, 2.05) is 36.0 Å². The van der Waals surface area contributed by atoms with Crippen molar-refractivity contribution in [2.75, 3.05) is 12.4 Å². The van der Waals surface area contributed by atoms with Gasteiger partial charge in [0.1, 0.15) is 11.9 Å². The largest absolute Gasteiger partial charge is 0.336 e. The molecule has 1 aliphatic rings. The number of aryl methyl sites for hydroxylation is 1. The summed E-state index contributed by atoms with van der Waals surface area (Å²) in [5, 5.41) is 11.0. The zero-order chi connectivity index (χ0) is 18.3. The molecule has 0 radical (unpaired) electrons. The quantitative estimate of drug-likeness (QED) is 0.758. The van der Waals surface area contributed by atoms with Gasteiger partial charge in [0.05, 0.1) is 5.92 Å². The zero-order valence-electron chi connectivity index (χ0n) is 14.5. The fourth-order valence-corrected chi connectivity index (χ4v) is 3.46. The Morgan fingerprint density at radius 1 is 1.23 bits per heavy atom. The number of fused-ring (bicyclic) bond motifs is 1. The van der Waals surface area contributed by atoms with E-state index in [9.17, 15) is 9.59 Å². The second-order valence-electron chi connectivity index (χ2n) is 6.43. The van der Waals surface area contributed by atoms with Crippen LogP contribution in [0.1, 0.15) is 24.7 Å². The number of amides is 2. The molecule has 1 aliphatic heterocycles. The van der Waals surface area contributed by atoms with Crippen molar-refractivity contribution < 1.29 is 9.59 Å². The summed E-state index contributed by atoms with van der Waals surface area (Å²) in [6.45, 7) is 0. The van der Waals surface area contributed by atoms with Crippen LogP contribution in [0.5, 0.6) is 0 Å². The van der Waals surface area contributed by atoms with Crippen LogP contribution in [-0.2, 0) is 16.6 Å². The Hall–Kier alpha value is -3.23. The molecule has 26 heavy (non-hydrogen) atoms. The summed E-state index contributed by atoms with van der Waals surface area (Å²) in [7, 11) is 3.57. The highest BCUT2D eigenvalue weighted by Crippen LogP contribution is 2.35. The molecule has 2 atom stereocenters. The lowest BCUT2D eigenvalue weighted by Crippen LogP contribution is -2.45. The van der Waals surface area contributed by atoms with Crippen molar-refractivity contribution in [1.82, 2.24) is 29.0 Å². The first kappa shape index (κ1) is 16.2. The molecule has 1 fully saturated rings. The summed E-state index contributed by atoms with van der Waals surface area (Å²) in [5.74, 6) is 0.441. The Morgan fingerprint density at radius 2 is 2.08 bits per heavy atom. The number of aromatic nitrogens is 5. The van der Waals surface area contributed by atoms with E-state index < -0.39 is 12.0 Å². The predicted molar refractivity (Wildman–Crippen MR) is 93.1 cm³/mol. The van der Waals surface area contributed by atoms with Gasteiger partial charge >= 0.3 is 0 Å². The third-order valence-corrected chi connectivity index (χ3v) is 4.87. The number of rotatable bonds is 3. The van der Waals surface area contributed by atoms with Gasteiger partial charge in [-0.15, -0.1) is 10.2 Å². The number of likely N-dealkylation sites (tertiary alicyclic amines) is 1. The number of anilines is 1. The van der Waals surface area contributed by atoms with Crippen LogP contribution in [0.3, 0.4) is 0 Å². The van der Waals surface area contributed by atoms with Gasteiger partial charge in [-0.05, 0) is 18.6 Å². The van der Waals surface area contributed by atoms with Crippen LogP contribution >= 0.6 is 0 Å². The monoisotopic (exact) mass is 353 g/mol. The van der Waals surface area contributed by atoms with Gasteiger partial charge in [0.2, 0.25) is 17.8 Å². The zero-order valence-corrected chi connectivity index (χ0v) is 14.5. The summed E-state index contributed by atoms with van der Waals surface area (Å²) < 4.78 is 3.55. The number of hydrogen-bond acceptors (Lipinski definition) is 5. The van der Waals surface area contributed by atoms with Gasteiger partial charge in [0.25, 0.3) is 0 Å². The van der Waals surface area contributed by atoms with Gasteiger partial charge < -0.3 is 9.47 Å². The maximum atomic E-state index is 13.0. The molecule has 9 heteroatoms. The third kappa shape index (κ3) is 2.61. The minimum absolute atomic E-state index is 0.00924. The summed E-state index contributed by atoms with van der Waals surface area (Å²) in [6, 6.07) is 5.09. The van der Waals surface area contributed by atoms with E-state index in [2.05, 4.69) is 20.5 Å². The van der Waals surface area contributed by atoms with Gasteiger partial charge in [0, 0.05) is 39.1 Å². The Morgan fingerprint density at radius 3 is 2.85 bits per heavy atom. The van der Waals surface area contributed by atoms with Crippen LogP contribution in [0.15, 0.2) is 36.8 Å². The van der Waals surface area contributed by atoms with Crippen LogP contribution in [0.2, 0.25) is 0 Å². The Labute approximate surface area is 149 Å². The Balaban J connectivity index is 1.65. The van der Waals surface area contributed by atoms with Crippen molar-refractivity contribution in [3.8, 4) is 0 Å². The fourth-order valence-electron chi connectivity index (χ4n) is 3.46. The van der Waals surface area contributed by atoms with Crippen molar-refractivity contribution in [2.24, 2.45) is 13.0 Å². The highest BCUT2D eigenvalue weighted by atomic mass is 16.2. The maximum absolute atomic E-state index is 13.0. The molecular formula is C17H19N7O2. The van der Waals surface area contributed by atoms with E-state index in [4.69, 9.17) is 0 Å². The molecule has 0 unspecified atom stereocenters. The lowest BCUT2D eigenvalue weighted by Gasteiger charge is -2.37. The van der Waals surface area contributed by atoms with Crippen molar-refractivity contribution in [3.63, 3.8) is 0 Å². The number of pyridine rings is 1. The molecular weight excluding hydrogens is 334 g/mol. The van der Waals surface area contributed by atoms with E-state index in [0.717, 1.165) is 0 Å². The van der Waals surface area contributed by atoms with Gasteiger partial charge in [-0.3, -0.25) is 19.3 Å². The molecule has 1 saturated heterocycles. The van der Waals surface area contributed by atoms with Gasteiger partial charge in [-0.25, -0.2) is 4.98 Å². The molecule has 0 saturated carbocycles. The van der Waals surface area contributed by atoms with Crippen LogP contribution in [0.25, 0.3) is 5.65 Å². The lowest BCUT2D eigenvalue weighted by molar-refractivity contribution is -0.140. The number of nitrogens with one attached hydrogen (secondary N) is 1. The summed E-state index contributed by atoms with van der Waals surface area (Å²) in [4.78, 5) is 31.2. The van der Waals surface area contributed by atoms with Gasteiger partial charge in [0.15, 0.2) is 5.65 Å². The minimum atomic E-state index is -0.421. The average molecular weight is 353 g/mol. The summed E-state index contributed by atoms with van der Waals surface area (Å²) in [5.41, 5.74) is 0.652. The van der Waals surface area contributed by atoms with Crippen LogP contribution < -0.4 is 5.32 Å². The molecule has 4 heterocycles. The van der Waals surface area contributed by atoms with Crippen LogP contribution in [-0.4, -0.2) is 47.9 Å². The second kappa shape index (κ2) is 6.25. The van der Waals surface area contributed by atoms with Crippen LogP contribution in [0.4, 0.5) is 5.95 Å². The first-order chi connectivity index (χ1) is 12.6. The van der Waals surface area contributed by atoms with E-state index >= 15 is 0 Å². The molecule has 0 spiro atoms. The molecule has 3 aromatic rings. The Kier molecular flexibility index (Phi) is 3.90. The highest BCUT2D eigenvalue weighted by Gasteiger charge is 2.41. The minimum Gasteiger partial charge on any atom is -0.336 e. The fraction of sp³-hybridized carbons (Fsp3) is 0.353. The highest BCUT2D eigenvalue weighted by molar-refractivity contribution is 5.93. The van der Waals surface area contributed by atoms with Crippen molar-refractivity contribution in [2.45, 2.75) is 18.9 Å². The molecule has 1 N–H and O–H groups in total. The second-order valence-corrected chi connectivity index (χ2v) is 6.43. The number of carbonyl (C=O) groups excluding carboxylic acids is 2. The first-order valence-corrected chi connectivity index (χ1v) is 8.40. The SMILES string of the molecule is CN1C(=O)CC[C@H](C(=O)Nc2nnc3ccccn23)[C@H]1c1nccn1C. The van der Waals surface area contributed by atoms with E-state index in [1.54, 1.807) is 28.7 Å². The summed E-state index contributed by atoms with van der Waals surface area (Å²) >= 11 is 0. The molecule has 0 bridgehead atoms. The van der Waals surface area contributed by atoms with Crippen molar-refractivity contribution in [1.29, 1.82) is 0 Å². The Bertz CT molecular complexity index is 976. The predicted octanol–water partition coefficient (Wildman–Crippen LogP) is 1.01. The number of nitrogens with zero attached hydrogens (tertiary/aromatic N) is 6. The number of piperidine rings is 1. The topological polar surface area (TPSA) is 97.4 Å². The lowest BCUT2D eigenvalue weighted by atomic mass is 9.87. The maximum Gasteiger partial charge on any atom is 0.235 e. The number of hydrogen-bond donors (Lipinski definition) is 1. The van der Waals surface area contributed by atoms with Crippen LogP contribution in [0, 0.1) is 5.92 Å². The van der Waals surface area contributed by atoms with Crippen molar-refractivity contribution >= 4 is 23.4 Å².